The van der Waals surface area contributed by atoms with Crippen LogP contribution in [0.15, 0.2) is 42.5 Å². The first-order valence-corrected chi connectivity index (χ1v) is 6.48. The lowest BCUT2D eigenvalue weighted by Gasteiger charge is -2.13. The minimum absolute atomic E-state index is 0.00128. The molecular weight excluding hydrogens is 273 g/mol. The molecule has 0 saturated carbocycles. The first-order chi connectivity index (χ1) is 9.97. The summed E-state index contributed by atoms with van der Waals surface area (Å²) in [6, 6.07) is 10.4. The van der Waals surface area contributed by atoms with Crippen LogP contribution in [0.5, 0.6) is 5.75 Å². The van der Waals surface area contributed by atoms with Gasteiger partial charge >= 0.3 is 0 Å². The number of aliphatic hydroxyl groups is 1. The Hall–Kier alpha value is -2.40. The van der Waals surface area contributed by atoms with Gasteiger partial charge in [-0.15, -0.1) is 0 Å². The molecule has 1 unspecified atom stereocenters. The van der Waals surface area contributed by atoms with E-state index in [-0.39, 0.29) is 12.1 Å². The Morgan fingerprint density at radius 3 is 2.52 bits per heavy atom. The van der Waals surface area contributed by atoms with Crippen LogP contribution in [0, 0.1) is 12.7 Å². The highest BCUT2D eigenvalue weighted by Gasteiger charge is 2.14. The summed E-state index contributed by atoms with van der Waals surface area (Å²) in [6.07, 6.45) is -0.850. The number of aliphatic hydroxyl groups excluding tert-OH is 1. The number of halogens is 1. The second-order valence-electron chi connectivity index (χ2n) is 4.80. The van der Waals surface area contributed by atoms with Gasteiger partial charge in [0.1, 0.15) is 11.6 Å². The number of aryl methyl sites for hydroxylation is 1. The van der Waals surface area contributed by atoms with E-state index in [0.717, 1.165) is 17.7 Å². The van der Waals surface area contributed by atoms with Crippen molar-refractivity contribution in [3.63, 3.8) is 0 Å². The molecular formula is C16H16FNO3. The lowest BCUT2D eigenvalue weighted by Crippen LogP contribution is -2.28. The molecule has 21 heavy (non-hydrogen) atoms. The Morgan fingerprint density at radius 1 is 1.24 bits per heavy atom. The Bertz CT molecular complexity index is 640. The highest BCUT2D eigenvalue weighted by atomic mass is 19.1. The molecule has 0 aromatic heterocycles. The van der Waals surface area contributed by atoms with Crippen LogP contribution in [-0.4, -0.2) is 22.7 Å². The zero-order valence-electron chi connectivity index (χ0n) is 11.5. The van der Waals surface area contributed by atoms with Crippen molar-refractivity contribution in [1.82, 2.24) is 5.32 Å². The standard InChI is InChI=1S/C16H16FNO3/c1-10-2-4-11(5-3-10)15(20)9-18-16(21)13-7-6-12(17)8-14(13)19/h2-8,15,19-20H,9H2,1H3,(H,18,21). The largest absolute Gasteiger partial charge is 0.507 e. The van der Waals surface area contributed by atoms with Gasteiger partial charge in [-0.2, -0.15) is 0 Å². The fourth-order valence-corrected chi connectivity index (χ4v) is 1.89. The number of amides is 1. The number of hydrogen-bond acceptors (Lipinski definition) is 3. The van der Waals surface area contributed by atoms with E-state index >= 15 is 0 Å². The molecule has 110 valence electrons. The summed E-state index contributed by atoms with van der Waals surface area (Å²) in [7, 11) is 0. The second-order valence-corrected chi connectivity index (χ2v) is 4.80. The van der Waals surface area contributed by atoms with Crippen LogP contribution >= 0.6 is 0 Å². The molecule has 2 aromatic carbocycles. The van der Waals surface area contributed by atoms with Crippen molar-refractivity contribution in [2.75, 3.05) is 6.54 Å². The molecule has 0 spiro atoms. The average Bonchev–Trinajstić information content (AvgIpc) is 2.45. The van der Waals surface area contributed by atoms with Crippen molar-refractivity contribution >= 4 is 5.91 Å². The third kappa shape index (κ3) is 3.79. The molecule has 2 rings (SSSR count). The number of benzene rings is 2. The maximum atomic E-state index is 12.8. The second kappa shape index (κ2) is 6.37. The van der Waals surface area contributed by atoms with Crippen LogP contribution in [0.4, 0.5) is 4.39 Å². The molecule has 3 N–H and O–H groups in total. The third-order valence-corrected chi connectivity index (χ3v) is 3.12. The zero-order valence-corrected chi connectivity index (χ0v) is 11.5. The number of phenols is 1. The van der Waals surface area contributed by atoms with Crippen molar-refractivity contribution in [3.05, 3.63) is 65.0 Å². The summed E-state index contributed by atoms with van der Waals surface area (Å²) >= 11 is 0. The van der Waals surface area contributed by atoms with Gasteiger partial charge in [-0.25, -0.2) is 4.39 Å². The van der Waals surface area contributed by atoms with Crippen molar-refractivity contribution in [2.24, 2.45) is 0 Å². The number of carbonyl (C=O) groups is 1. The fraction of sp³-hybridized carbons (Fsp3) is 0.188. The molecule has 0 aliphatic heterocycles. The van der Waals surface area contributed by atoms with Gasteiger partial charge in [0.05, 0.1) is 11.7 Å². The van der Waals surface area contributed by atoms with Crippen LogP contribution in [0.1, 0.15) is 27.6 Å². The lowest BCUT2D eigenvalue weighted by molar-refractivity contribution is 0.0913. The molecule has 5 heteroatoms. The predicted molar refractivity (Wildman–Crippen MR) is 76.5 cm³/mol. The lowest BCUT2D eigenvalue weighted by atomic mass is 10.1. The Morgan fingerprint density at radius 2 is 1.90 bits per heavy atom. The van der Waals surface area contributed by atoms with E-state index in [1.165, 1.54) is 6.07 Å². The predicted octanol–water partition coefficient (Wildman–Crippen LogP) is 2.30. The molecule has 0 fully saturated rings. The number of nitrogens with one attached hydrogen (secondary N) is 1. The molecule has 1 amide bonds. The maximum absolute atomic E-state index is 12.8. The number of hydrogen-bond donors (Lipinski definition) is 3. The summed E-state index contributed by atoms with van der Waals surface area (Å²) in [5.74, 6) is -1.63. The van der Waals surface area contributed by atoms with Gasteiger partial charge in [0.2, 0.25) is 0 Å². The summed E-state index contributed by atoms with van der Waals surface area (Å²) in [5.41, 5.74) is 1.72. The van der Waals surface area contributed by atoms with Crippen LogP contribution in [0.2, 0.25) is 0 Å². The van der Waals surface area contributed by atoms with Gasteiger partial charge in [-0.1, -0.05) is 29.8 Å². The summed E-state index contributed by atoms with van der Waals surface area (Å²) in [5, 5.41) is 22.0. The molecule has 0 saturated heterocycles. The van der Waals surface area contributed by atoms with Crippen LogP contribution in [0.3, 0.4) is 0 Å². The smallest absolute Gasteiger partial charge is 0.255 e. The maximum Gasteiger partial charge on any atom is 0.255 e. The van der Waals surface area contributed by atoms with Crippen molar-refractivity contribution in [1.29, 1.82) is 0 Å². The number of aromatic hydroxyl groups is 1. The summed E-state index contributed by atoms with van der Waals surface area (Å²) < 4.78 is 12.8. The molecule has 4 nitrogen and oxygen atoms in total. The zero-order chi connectivity index (χ0) is 15.4. The minimum Gasteiger partial charge on any atom is -0.507 e. The van der Waals surface area contributed by atoms with E-state index in [4.69, 9.17) is 0 Å². The first-order valence-electron chi connectivity index (χ1n) is 6.48. The normalized spacial score (nSPS) is 12.0. The van der Waals surface area contributed by atoms with E-state index in [2.05, 4.69) is 5.32 Å². The Labute approximate surface area is 121 Å². The van der Waals surface area contributed by atoms with Crippen molar-refractivity contribution in [3.8, 4) is 5.75 Å². The van der Waals surface area contributed by atoms with E-state index in [1.807, 2.05) is 19.1 Å². The summed E-state index contributed by atoms with van der Waals surface area (Å²) in [4.78, 5) is 11.9. The van der Waals surface area contributed by atoms with Crippen molar-refractivity contribution in [2.45, 2.75) is 13.0 Å². The quantitative estimate of drug-likeness (QED) is 0.809. The van der Waals surface area contributed by atoms with Gasteiger partial charge in [-0.05, 0) is 24.6 Å². The monoisotopic (exact) mass is 289 g/mol. The highest BCUT2D eigenvalue weighted by Crippen LogP contribution is 2.18. The number of phenolic OH excluding ortho intramolecular Hbond substituents is 1. The highest BCUT2D eigenvalue weighted by molar-refractivity contribution is 5.96. The number of rotatable bonds is 4. The van der Waals surface area contributed by atoms with E-state index in [9.17, 15) is 19.4 Å². The molecule has 0 aliphatic rings. The molecule has 0 heterocycles. The van der Waals surface area contributed by atoms with Gasteiger partial charge in [0.25, 0.3) is 5.91 Å². The average molecular weight is 289 g/mol. The van der Waals surface area contributed by atoms with E-state index < -0.39 is 23.6 Å². The van der Waals surface area contributed by atoms with Gasteiger partial charge in [-0.3, -0.25) is 4.79 Å². The molecule has 1 atom stereocenters. The summed E-state index contributed by atoms with van der Waals surface area (Å²) in [6.45, 7) is 1.94. The van der Waals surface area contributed by atoms with E-state index in [1.54, 1.807) is 12.1 Å². The minimum atomic E-state index is -0.850. The van der Waals surface area contributed by atoms with Crippen LogP contribution < -0.4 is 5.32 Å². The number of carbonyl (C=O) groups excluding carboxylic acids is 1. The van der Waals surface area contributed by atoms with Gasteiger partial charge in [0.15, 0.2) is 0 Å². The Balaban J connectivity index is 1.99. The Kier molecular flexibility index (Phi) is 4.55. The van der Waals surface area contributed by atoms with Gasteiger partial charge in [0, 0.05) is 12.6 Å². The van der Waals surface area contributed by atoms with E-state index in [0.29, 0.717) is 5.56 Å². The molecule has 2 aromatic rings. The van der Waals surface area contributed by atoms with Gasteiger partial charge < -0.3 is 15.5 Å². The topological polar surface area (TPSA) is 69.6 Å². The SMILES string of the molecule is Cc1ccc(C(O)CNC(=O)c2ccc(F)cc2O)cc1. The molecule has 0 aliphatic carbocycles. The molecule has 0 radical (unpaired) electrons. The van der Waals surface area contributed by atoms with Crippen LogP contribution in [-0.2, 0) is 0 Å². The van der Waals surface area contributed by atoms with Crippen molar-refractivity contribution < 1.29 is 19.4 Å². The van der Waals surface area contributed by atoms with Crippen LogP contribution in [0.25, 0.3) is 0 Å². The fourth-order valence-electron chi connectivity index (χ4n) is 1.89. The molecule has 0 bridgehead atoms. The first kappa shape index (κ1) is 15.0. The third-order valence-electron chi connectivity index (χ3n) is 3.12.